The van der Waals surface area contributed by atoms with Crippen molar-refractivity contribution in [3.8, 4) is 6.01 Å². The highest BCUT2D eigenvalue weighted by molar-refractivity contribution is 6.03. The van der Waals surface area contributed by atoms with E-state index in [9.17, 15) is 14.0 Å². The number of hydrogen-bond acceptors (Lipinski definition) is 6. The summed E-state index contributed by atoms with van der Waals surface area (Å²) in [6, 6.07) is 8.68. The van der Waals surface area contributed by atoms with Crippen LogP contribution in [0.4, 0.5) is 15.8 Å². The summed E-state index contributed by atoms with van der Waals surface area (Å²) in [5.41, 5.74) is 1.17. The summed E-state index contributed by atoms with van der Waals surface area (Å²) < 4.78 is 18.0. The number of carbonyl (C=O) groups excluding carboxylic acids is 2. The summed E-state index contributed by atoms with van der Waals surface area (Å²) in [5, 5.41) is 5.19. The second kappa shape index (κ2) is 8.48. The molecule has 0 saturated heterocycles. The average molecular weight is 367 g/mol. The molecule has 27 heavy (non-hydrogen) atoms. The molecule has 0 aliphatic carbocycles. The molecule has 9 heteroatoms. The molecular weight excluding hydrogens is 353 g/mol. The number of nitrogens with one attached hydrogen (secondary N) is 2. The van der Waals surface area contributed by atoms with E-state index in [-0.39, 0.29) is 18.2 Å². The minimum absolute atomic E-state index is 0.0466. The SMILES string of the molecule is O=C(COc1ncc(C(=O)Nc2ccc(F)cc2)cn1)Nc1cccnc1. The molecule has 0 saturated carbocycles. The molecule has 0 bridgehead atoms. The van der Waals surface area contributed by atoms with Gasteiger partial charge in [0.1, 0.15) is 5.82 Å². The zero-order valence-corrected chi connectivity index (χ0v) is 13.9. The van der Waals surface area contributed by atoms with Gasteiger partial charge in [0, 0.05) is 24.3 Å². The molecule has 0 radical (unpaired) electrons. The number of pyridine rings is 1. The highest BCUT2D eigenvalue weighted by Crippen LogP contribution is 2.11. The maximum absolute atomic E-state index is 12.9. The Morgan fingerprint density at radius 3 is 2.37 bits per heavy atom. The minimum atomic E-state index is -0.456. The molecule has 2 N–H and O–H groups in total. The zero-order chi connectivity index (χ0) is 19.1. The third-order valence-corrected chi connectivity index (χ3v) is 3.27. The number of benzene rings is 1. The van der Waals surface area contributed by atoms with Crippen LogP contribution >= 0.6 is 0 Å². The lowest BCUT2D eigenvalue weighted by molar-refractivity contribution is -0.118. The van der Waals surface area contributed by atoms with Crippen molar-refractivity contribution in [3.63, 3.8) is 0 Å². The molecule has 0 aliphatic rings. The predicted molar refractivity (Wildman–Crippen MR) is 94.7 cm³/mol. The number of amides is 2. The van der Waals surface area contributed by atoms with Gasteiger partial charge in [0.05, 0.1) is 17.4 Å². The smallest absolute Gasteiger partial charge is 0.316 e. The highest BCUT2D eigenvalue weighted by Gasteiger charge is 2.10. The first-order valence-corrected chi connectivity index (χ1v) is 7.82. The Morgan fingerprint density at radius 1 is 0.963 bits per heavy atom. The fourth-order valence-corrected chi connectivity index (χ4v) is 2.01. The van der Waals surface area contributed by atoms with E-state index >= 15 is 0 Å². The van der Waals surface area contributed by atoms with Crippen molar-refractivity contribution in [2.75, 3.05) is 17.2 Å². The monoisotopic (exact) mass is 367 g/mol. The number of rotatable bonds is 6. The van der Waals surface area contributed by atoms with E-state index in [0.29, 0.717) is 11.4 Å². The molecule has 0 aliphatic heterocycles. The predicted octanol–water partition coefficient (Wildman–Crippen LogP) is 2.28. The molecule has 2 heterocycles. The lowest BCUT2D eigenvalue weighted by Crippen LogP contribution is -2.21. The molecule has 136 valence electrons. The number of aromatic nitrogens is 3. The number of anilines is 2. The van der Waals surface area contributed by atoms with E-state index < -0.39 is 17.6 Å². The third-order valence-electron chi connectivity index (χ3n) is 3.27. The van der Waals surface area contributed by atoms with Crippen LogP contribution < -0.4 is 15.4 Å². The average Bonchev–Trinajstić information content (AvgIpc) is 2.69. The Hall–Kier alpha value is -3.88. The van der Waals surface area contributed by atoms with Crippen molar-refractivity contribution in [1.29, 1.82) is 0 Å². The van der Waals surface area contributed by atoms with Gasteiger partial charge in [-0.15, -0.1) is 0 Å². The Balaban J connectivity index is 1.51. The van der Waals surface area contributed by atoms with Crippen LogP contribution in [0.5, 0.6) is 6.01 Å². The number of ether oxygens (including phenoxy) is 1. The van der Waals surface area contributed by atoms with Crippen molar-refractivity contribution in [2.45, 2.75) is 0 Å². The van der Waals surface area contributed by atoms with E-state index in [2.05, 4.69) is 25.6 Å². The molecule has 2 aromatic heterocycles. The highest BCUT2D eigenvalue weighted by atomic mass is 19.1. The second-order valence-corrected chi connectivity index (χ2v) is 5.29. The van der Waals surface area contributed by atoms with Gasteiger partial charge in [-0.1, -0.05) is 0 Å². The largest absolute Gasteiger partial charge is 0.453 e. The molecule has 0 unspecified atom stereocenters. The standard InChI is InChI=1S/C18H14FN5O3/c19-13-3-5-14(6-4-13)24-17(26)12-8-21-18(22-9-12)27-11-16(25)23-15-2-1-7-20-10-15/h1-10H,11H2,(H,23,25)(H,24,26). The molecule has 2 amide bonds. The van der Waals surface area contributed by atoms with Gasteiger partial charge >= 0.3 is 6.01 Å². The van der Waals surface area contributed by atoms with Crippen molar-refractivity contribution in [2.24, 2.45) is 0 Å². The van der Waals surface area contributed by atoms with Crippen LogP contribution in [0.2, 0.25) is 0 Å². The Bertz CT molecular complexity index is 918. The molecule has 1 aromatic carbocycles. The van der Waals surface area contributed by atoms with Gasteiger partial charge in [0.2, 0.25) is 0 Å². The van der Waals surface area contributed by atoms with Crippen molar-refractivity contribution >= 4 is 23.2 Å². The van der Waals surface area contributed by atoms with Gasteiger partial charge in [0.15, 0.2) is 6.61 Å². The topological polar surface area (TPSA) is 106 Å². The Kier molecular flexibility index (Phi) is 5.63. The van der Waals surface area contributed by atoms with Gasteiger partial charge in [-0.3, -0.25) is 14.6 Å². The summed E-state index contributed by atoms with van der Waals surface area (Å²) in [5.74, 6) is -1.25. The lowest BCUT2D eigenvalue weighted by Gasteiger charge is -2.07. The van der Waals surface area contributed by atoms with Gasteiger partial charge < -0.3 is 15.4 Å². The van der Waals surface area contributed by atoms with E-state index in [1.54, 1.807) is 18.3 Å². The maximum atomic E-state index is 12.9. The zero-order valence-electron chi connectivity index (χ0n) is 13.9. The van der Waals surface area contributed by atoms with Gasteiger partial charge in [0.25, 0.3) is 11.8 Å². The molecule has 8 nitrogen and oxygen atoms in total. The normalized spacial score (nSPS) is 10.1. The van der Waals surface area contributed by atoms with Crippen LogP contribution in [0.3, 0.4) is 0 Å². The first-order chi connectivity index (χ1) is 13.1. The fraction of sp³-hybridized carbons (Fsp3) is 0.0556. The van der Waals surface area contributed by atoms with Crippen molar-refractivity contribution in [3.05, 3.63) is 72.6 Å². The van der Waals surface area contributed by atoms with Crippen LogP contribution in [-0.2, 0) is 4.79 Å². The number of hydrogen-bond donors (Lipinski definition) is 2. The molecule has 3 aromatic rings. The van der Waals surface area contributed by atoms with Crippen LogP contribution in [0.15, 0.2) is 61.2 Å². The summed E-state index contributed by atoms with van der Waals surface area (Å²) in [7, 11) is 0. The first-order valence-electron chi connectivity index (χ1n) is 7.82. The fourth-order valence-electron chi connectivity index (χ4n) is 2.01. The molecule has 0 spiro atoms. The molecular formula is C18H14FN5O3. The van der Waals surface area contributed by atoms with E-state index in [4.69, 9.17) is 4.74 Å². The molecule has 0 atom stereocenters. The third kappa shape index (κ3) is 5.30. The quantitative estimate of drug-likeness (QED) is 0.692. The summed E-state index contributed by atoms with van der Waals surface area (Å²) in [4.78, 5) is 35.5. The van der Waals surface area contributed by atoms with E-state index in [1.165, 1.54) is 42.9 Å². The van der Waals surface area contributed by atoms with E-state index in [0.717, 1.165) is 0 Å². The van der Waals surface area contributed by atoms with Crippen LogP contribution in [0.1, 0.15) is 10.4 Å². The van der Waals surface area contributed by atoms with Crippen LogP contribution in [0.25, 0.3) is 0 Å². The minimum Gasteiger partial charge on any atom is -0.453 e. The first kappa shape index (κ1) is 17.9. The van der Waals surface area contributed by atoms with Crippen LogP contribution in [-0.4, -0.2) is 33.4 Å². The summed E-state index contributed by atoms with van der Waals surface area (Å²) in [6.45, 7) is -0.296. The van der Waals surface area contributed by atoms with Gasteiger partial charge in [-0.25, -0.2) is 14.4 Å². The lowest BCUT2D eigenvalue weighted by atomic mass is 10.2. The Labute approximate surface area is 153 Å². The number of nitrogens with zero attached hydrogens (tertiary/aromatic N) is 3. The summed E-state index contributed by atoms with van der Waals surface area (Å²) in [6.07, 6.45) is 5.62. The molecule has 0 fully saturated rings. The van der Waals surface area contributed by atoms with Gasteiger partial charge in [-0.05, 0) is 36.4 Å². The maximum Gasteiger partial charge on any atom is 0.316 e. The Morgan fingerprint density at radius 2 is 1.70 bits per heavy atom. The second-order valence-electron chi connectivity index (χ2n) is 5.29. The number of halogens is 1. The van der Waals surface area contributed by atoms with E-state index in [1.807, 2.05) is 0 Å². The van der Waals surface area contributed by atoms with Gasteiger partial charge in [-0.2, -0.15) is 0 Å². The number of carbonyl (C=O) groups is 2. The molecule has 3 rings (SSSR count). The van der Waals surface area contributed by atoms with Crippen LogP contribution in [0, 0.1) is 5.82 Å². The summed E-state index contributed by atoms with van der Waals surface area (Å²) >= 11 is 0. The van der Waals surface area contributed by atoms with Crippen molar-refractivity contribution < 1.29 is 18.7 Å². The van der Waals surface area contributed by atoms with Crippen molar-refractivity contribution in [1.82, 2.24) is 15.0 Å².